The Morgan fingerprint density at radius 1 is 1.50 bits per heavy atom. The smallest absolute Gasteiger partial charge is 0.251 e. The molecule has 1 heterocycles. The Hall–Kier alpha value is -1.20. The van der Waals surface area contributed by atoms with Crippen molar-refractivity contribution < 1.29 is 4.74 Å². The number of hydrogen-bond acceptors (Lipinski definition) is 4. The van der Waals surface area contributed by atoms with Crippen molar-refractivity contribution in [3.05, 3.63) is 27.9 Å². The van der Waals surface area contributed by atoms with Gasteiger partial charge < -0.3 is 15.0 Å². The Kier molecular flexibility index (Phi) is 5.74. The minimum absolute atomic E-state index is 0.127. The predicted molar refractivity (Wildman–Crippen MR) is 62.2 cm³/mol. The maximum Gasteiger partial charge on any atom is 0.251 e. The molecule has 1 aromatic heterocycles. The van der Waals surface area contributed by atoms with Crippen LogP contribution in [0.4, 0.5) is 0 Å². The summed E-state index contributed by atoms with van der Waals surface area (Å²) in [6, 6.07) is 1.51. The zero-order valence-electron chi connectivity index (χ0n) is 9.88. The summed E-state index contributed by atoms with van der Waals surface area (Å²) < 4.78 is 5.20. The molecule has 90 valence electrons. The zero-order chi connectivity index (χ0) is 11.8. The quantitative estimate of drug-likeness (QED) is 0.674. The summed E-state index contributed by atoms with van der Waals surface area (Å²) in [6.45, 7) is 6.52. The second-order valence-corrected chi connectivity index (χ2v) is 3.50. The monoisotopic (exact) mass is 225 g/mol. The molecule has 0 bridgehead atoms. The highest BCUT2D eigenvalue weighted by Crippen LogP contribution is 1.94. The van der Waals surface area contributed by atoms with Gasteiger partial charge in [0.25, 0.3) is 5.56 Å². The summed E-state index contributed by atoms with van der Waals surface area (Å²) in [5.41, 5.74) is 0.630. The maximum atomic E-state index is 11.3. The van der Waals surface area contributed by atoms with Gasteiger partial charge in [0, 0.05) is 19.2 Å². The lowest BCUT2D eigenvalue weighted by molar-refractivity contribution is 0.128. The number of ether oxygens (including phenoxy) is 1. The minimum atomic E-state index is -0.127. The van der Waals surface area contributed by atoms with Crippen molar-refractivity contribution in [1.29, 1.82) is 0 Å². The summed E-state index contributed by atoms with van der Waals surface area (Å²) in [5.74, 6) is 0.586. The maximum absolute atomic E-state index is 11.3. The van der Waals surface area contributed by atoms with E-state index in [1.165, 1.54) is 6.07 Å². The molecule has 0 fully saturated rings. The van der Waals surface area contributed by atoms with Gasteiger partial charge in [0.1, 0.15) is 12.4 Å². The third kappa shape index (κ3) is 4.55. The summed E-state index contributed by atoms with van der Waals surface area (Å²) in [7, 11) is 0. The van der Waals surface area contributed by atoms with Crippen molar-refractivity contribution in [3.8, 4) is 0 Å². The number of hydrogen-bond donors (Lipinski definition) is 2. The van der Waals surface area contributed by atoms with Gasteiger partial charge in [0.15, 0.2) is 0 Å². The van der Waals surface area contributed by atoms with Gasteiger partial charge in [0.05, 0.1) is 5.69 Å². The zero-order valence-corrected chi connectivity index (χ0v) is 9.88. The van der Waals surface area contributed by atoms with Crippen LogP contribution in [0.2, 0.25) is 0 Å². The fraction of sp³-hybridized carbons (Fsp3) is 0.636. The van der Waals surface area contributed by atoms with Gasteiger partial charge in [-0.15, -0.1) is 0 Å². The third-order valence-electron chi connectivity index (χ3n) is 2.02. The first-order valence-electron chi connectivity index (χ1n) is 5.63. The molecule has 0 aliphatic carbocycles. The van der Waals surface area contributed by atoms with E-state index >= 15 is 0 Å². The van der Waals surface area contributed by atoms with E-state index in [0.29, 0.717) is 25.6 Å². The molecule has 0 radical (unpaired) electrons. The molecule has 0 unspecified atom stereocenters. The molecule has 5 nitrogen and oxygen atoms in total. The van der Waals surface area contributed by atoms with Crippen LogP contribution in [0.3, 0.4) is 0 Å². The lowest BCUT2D eigenvalue weighted by atomic mass is 10.3. The van der Waals surface area contributed by atoms with Crippen molar-refractivity contribution in [2.45, 2.75) is 33.4 Å². The molecular weight excluding hydrogens is 206 g/mol. The summed E-state index contributed by atoms with van der Waals surface area (Å²) in [6.07, 6.45) is 1.06. The highest BCUT2D eigenvalue weighted by molar-refractivity contribution is 5.02. The molecule has 16 heavy (non-hydrogen) atoms. The fourth-order valence-corrected chi connectivity index (χ4v) is 1.31. The molecule has 0 atom stereocenters. The Balaban J connectivity index is 2.62. The van der Waals surface area contributed by atoms with E-state index < -0.39 is 0 Å². The van der Waals surface area contributed by atoms with Crippen LogP contribution in [0.5, 0.6) is 0 Å². The van der Waals surface area contributed by atoms with E-state index in [4.69, 9.17) is 4.74 Å². The van der Waals surface area contributed by atoms with Crippen LogP contribution < -0.4 is 10.9 Å². The Morgan fingerprint density at radius 3 is 3.00 bits per heavy atom. The largest absolute Gasteiger partial charge is 0.374 e. The first kappa shape index (κ1) is 12.9. The molecule has 0 amide bonds. The lowest BCUT2D eigenvalue weighted by Gasteiger charge is -2.05. The number of rotatable bonds is 7. The van der Waals surface area contributed by atoms with Crippen molar-refractivity contribution in [1.82, 2.24) is 15.3 Å². The number of nitrogens with one attached hydrogen (secondary N) is 2. The molecule has 0 saturated carbocycles. The molecule has 1 rings (SSSR count). The van der Waals surface area contributed by atoms with E-state index in [-0.39, 0.29) is 5.56 Å². The average Bonchev–Trinajstić information content (AvgIpc) is 2.26. The molecule has 0 aliphatic heterocycles. The van der Waals surface area contributed by atoms with Crippen molar-refractivity contribution in [2.24, 2.45) is 0 Å². The normalized spacial score (nSPS) is 10.6. The first-order valence-corrected chi connectivity index (χ1v) is 5.63. The molecule has 0 saturated heterocycles. The Labute approximate surface area is 95.3 Å². The van der Waals surface area contributed by atoms with E-state index in [9.17, 15) is 4.79 Å². The molecule has 2 N–H and O–H groups in total. The highest BCUT2D eigenvalue weighted by Gasteiger charge is 2.00. The highest BCUT2D eigenvalue weighted by atomic mass is 16.5. The van der Waals surface area contributed by atoms with E-state index in [0.717, 1.165) is 18.7 Å². The topological polar surface area (TPSA) is 67.0 Å². The van der Waals surface area contributed by atoms with Gasteiger partial charge in [0.2, 0.25) is 0 Å². The molecule has 1 aromatic rings. The van der Waals surface area contributed by atoms with E-state index in [1.54, 1.807) is 0 Å². The summed E-state index contributed by atoms with van der Waals surface area (Å²) in [4.78, 5) is 18.3. The minimum Gasteiger partial charge on any atom is -0.374 e. The van der Waals surface area contributed by atoms with Crippen molar-refractivity contribution in [2.75, 3.05) is 13.2 Å². The average molecular weight is 225 g/mol. The van der Waals surface area contributed by atoms with Gasteiger partial charge in [-0.05, 0) is 19.9 Å². The SMILES string of the molecule is CCCNCc1cc(=O)[nH]c(COCC)n1. The van der Waals surface area contributed by atoms with E-state index in [1.807, 2.05) is 6.92 Å². The summed E-state index contributed by atoms with van der Waals surface area (Å²) in [5, 5.41) is 3.21. The standard InChI is InChI=1S/C11H19N3O2/c1-3-5-12-7-9-6-11(15)14-10(13-9)8-16-4-2/h6,12H,3-5,7-8H2,1-2H3,(H,13,14,15). The Bertz CT molecular complexity index is 362. The second kappa shape index (κ2) is 7.14. The van der Waals surface area contributed by atoms with Crippen LogP contribution in [0, 0.1) is 0 Å². The molecule has 0 spiro atoms. The Morgan fingerprint density at radius 2 is 2.31 bits per heavy atom. The van der Waals surface area contributed by atoms with Gasteiger partial charge >= 0.3 is 0 Å². The van der Waals surface area contributed by atoms with Crippen molar-refractivity contribution in [3.63, 3.8) is 0 Å². The van der Waals surface area contributed by atoms with Crippen LogP contribution in [-0.4, -0.2) is 23.1 Å². The van der Waals surface area contributed by atoms with Crippen molar-refractivity contribution >= 4 is 0 Å². The van der Waals surface area contributed by atoms with Crippen LogP contribution in [-0.2, 0) is 17.9 Å². The van der Waals surface area contributed by atoms with Gasteiger partial charge in [-0.25, -0.2) is 4.98 Å². The molecule has 5 heteroatoms. The number of aromatic nitrogens is 2. The van der Waals surface area contributed by atoms with Gasteiger partial charge in [-0.1, -0.05) is 6.92 Å². The predicted octanol–water partition coefficient (Wildman–Crippen LogP) is 0.806. The molecule has 0 aliphatic rings. The van der Waals surface area contributed by atoms with Crippen LogP contribution >= 0.6 is 0 Å². The number of H-pyrrole nitrogens is 1. The molecule has 0 aromatic carbocycles. The van der Waals surface area contributed by atoms with Crippen LogP contribution in [0.25, 0.3) is 0 Å². The summed E-state index contributed by atoms with van der Waals surface area (Å²) >= 11 is 0. The fourth-order valence-electron chi connectivity index (χ4n) is 1.31. The first-order chi connectivity index (χ1) is 7.76. The van der Waals surface area contributed by atoms with Gasteiger partial charge in [-0.3, -0.25) is 4.79 Å². The third-order valence-corrected chi connectivity index (χ3v) is 2.02. The second-order valence-electron chi connectivity index (χ2n) is 3.50. The van der Waals surface area contributed by atoms with Crippen LogP contribution in [0.15, 0.2) is 10.9 Å². The number of nitrogens with zero attached hydrogens (tertiary/aromatic N) is 1. The van der Waals surface area contributed by atoms with Crippen LogP contribution in [0.1, 0.15) is 31.8 Å². The van der Waals surface area contributed by atoms with Gasteiger partial charge in [-0.2, -0.15) is 0 Å². The van der Waals surface area contributed by atoms with E-state index in [2.05, 4.69) is 22.2 Å². The lowest BCUT2D eigenvalue weighted by Crippen LogP contribution is -2.19. The molecular formula is C11H19N3O2. The number of aromatic amines is 1.